The Morgan fingerprint density at radius 3 is 2.96 bits per heavy atom. The van der Waals surface area contributed by atoms with E-state index in [2.05, 4.69) is 20.6 Å². The predicted octanol–water partition coefficient (Wildman–Crippen LogP) is 1.94. The minimum atomic E-state index is -1.15. The Kier molecular flexibility index (Phi) is 4.36. The maximum atomic E-state index is 12.4. The molecule has 0 spiro atoms. The van der Waals surface area contributed by atoms with E-state index in [-0.39, 0.29) is 18.2 Å². The van der Waals surface area contributed by atoms with Crippen LogP contribution in [0.2, 0.25) is 0 Å². The number of fused-ring (bicyclic) bond motifs is 1. The minimum Gasteiger partial charge on any atom is -0.465 e. The van der Waals surface area contributed by atoms with Gasteiger partial charge in [0.1, 0.15) is 0 Å². The molecule has 1 saturated heterocycles. The molecule has 0 bridgehead atoms. The number of aromatic nitrogens is 4. The van der Waals surface area contributed by atoms with E-state index in [1.807, 2.05) is 25.4 Å². The Morgan fingerprint density at radius 1 is 1.44 bits per heavy atom. The molecule has 1 aromatic carbocycles. The van der Waals surface area contributed by atoms with E-state index in [1.54, 1.807) is 10.9 Å². The number of aromatic amines is 1. The predicted molar refractivity (Wildman–Crippen MR) is 97.4 cm³/mol. The molecule has 140 valence electrons. The molecule has 2 aromatic heterocycles. The SMILES string of the molecule is Cn1cc(-c2cc3c(CNC(=O)O)n[nH]c(=O)c3cc2C2CCCO2)cn1. The van der Waals surface area contributed by atoms with Crippen LogP contribution in [-0.4, -0.2) is 37.8 Å². The molecule has 3 heterocycles. The van der Waals surface area contributed by atoms with Gasteiger partial charge < -0.3 is 15.2 Å². The molecule has 9 nitrogen and oxygen atoms in total. The highest BCUT2D eigenvalue weighted by Gasteiger charge is 2.24. The zero-order chi connectivity index (χ0) is 19.0. The van der Waals surface area contributed by atoms with Crippen molar-refractivity contribution in [2.24, 2.45) is 7.05 Å². The highest BCUT2D eigenvalue weighted by atomic mass is 16.5. The van der Waals surface area contributed by atoms with Crippen molar-refractivity contribution in [3.8, 4) is 11.1 Å². The first kappa shape index (κ1) is 17.2. The number of amides is 1. The zero-order valence-corrected chi connectivity index (χ0v) is 14.7. The van der Waals surface area contributed by atoms with Gasteiger partial charge in [-0.25, -0.2) is 9.89 Å². The van der Waals surface area contributed by atoms with E-state index < -0.39 is 6.09 Å². The number of carbonyl (C=O) groups is 1. The van der Waals surface area contributed by atoms with Crippen molar-refractivity contribution in [1.82, 2.24) is 25.3 Å². The lowest BCUT2D eigenvalue weighted by molar-refractivity contribution is 0.112. The molecule has 9 heteroatoms. The molecule has 27 heavy (non-hydrogen) atoms. The molecule has 1 aliphatic heterocycles. The van der Waals surface area contributed by atoms with Gasteiger partial charge in [-0.3, -0.25) is 9.48 Å². The average molecular weight is 369 g/mol. The zero-order valence-electron chi connectivity index (χ0n) is 14.7. The summed E-state index contributed by atoms with van der Waals surface area (Å²) < 4.78 is 7.57. The van der Waals surface area contributed by atoms with E-state index >= 15 is 0 Å². The lowest BCUT2D eigenvalue weighted by Gasteiger charge is -2.16. The van der Waals surface area contributed by atoms with E-state index in [0.29, 0.717) is 23.1 Å². The second-order valence-corrected chi connectivity index (χ2v) is 6.55. The van der Waals surface area contributed by atoms with Gasteiger partial charge in [0.15, 0.2) is 0 Å². The quantitative estimate of drug-likeness (QED) is 0.646. The molecule has 0 aliphatic carbocycles. The monoisotopic (exact) mass is 369 g/mol. The number of ether oxygens (including phenoxy) is 1. The van der Waals surface area contributed by atoms with Crippen molar-refractivity contribution >= 4 is 16.9 Å². The van der Waals surface area contributed by atoms with Crippen molar-refractivity contribution in [1.29, 1.82) is 0 Å². The van der Waals surface area contributed by atoms with Crippen LogP contribution in [0.15, 0.2) is 29.3 Å². The Bertz CT molecular complexity index is 1070. The van der Waals surface area contributed by atoms with Gasteiger partial charge in [-0.1, -0.05) is 0 Å². The van der Waals surface area contributed by atoms with Crippen molar-refractivity contribution < 1.29 is 14.6 Å². The van der Waals surface area contributed by atoms with Crippen LogP contribution in [0.1, 0.15) is 30.2 Å². The van der Waals surface area contributed by atoms with Gasteiger partial charge in [0, 0.05) is 30.8 Å². The van der Waals surface area contributed by atoms with Crippen molar-refractivity contribution in [2.45, 2.75) is 25.5 Å². The molecule has 3 N–H and O–H groups in total. The Morgan fingerprint density at radius 2 is 2.30 bits per heavy atom. The van der Waals surface area contributed by atoms with E-state index in [9.17, 15) is 9.59 Å². The molecule has 0 radical (unpaired) electrons. The average Bonchev–Trinajstić information content (AvgIpc) is 3.32. The van der Waals surface area contributed by atoms with Gasteiger partial charge >= 0.3 is 6.09 Å². The van der Waals surface area contributed by atoms with Crippen molar-refractivity contribution in [3.05, 3.63) is 46.1 Å². The Hall–Kier alpha value is -3.20. The molecule has 1 amide bonds. The molecule has 1 atom stereocenters. The Labute approximate surface area is 154 Å². The van der Waals surface area contributed by atoms with Crippen molar-refractivity contribution in [3.63, 3.8) is 0 Å². The van der Waals surface area contributed by atoms with Gasteiger partial charge in [0.2, 0.25) is 0 Å². The summed E-state index contributed by atoms with van der Waals surface area (Å²) >= 11 is 0. The molecule has 1 unspecified atom stereocenters. The first-order valence-corrected chi connectivity index (χ1v) is 8.65. The van der Waals surface area contributed by atoms with Crippen LogP contribution in [-0.2, 0) is 18.3 Å². The smallest absolute Gasteiger partial charge is 0.404 e. The summed E-state index contributed by atoms with van der Waals surface area (Å²) in [4.78, 5) is 23.2. The molecule has 1 aliphatic rings. The third-order valence-electron chi connectivity index (χ3n) is 4.74. The fraction of sp³-hybridized carbons (Fsp3) is 0.333. The number of hydrogen-bond acceptors (Lipinski definition) is 5. The van der Waals surface area contributed by atoms with E-state index in [1.165, 1.54) is 0 Å². The summed E-state index contributed by atoms with van der Waals surface area (Å²) in [6, 6.07) is 3.71. The number of H-pyrrole nitrogens is 1. The van der Waals surface area contributed by atoms with Crippen LogP contribution in [0.25, 0.3) is 21.9 Å². The molecule has 1 fully saturated rings. The number of aryl methyl sites for hydroxylation is 1. The number of benzene rings is 1. The molecular weight excluding hydrogens is 350 g/mol. The molecule has 3 aromatic rings. The lowest BCUT2D eigenvalue weighted by atomic mass is 9.93. The van der Waals surface area contributed by atoms with Gasteiger partial charge in [-0.05, 0) is 36.1 Å². The molecule has 4 rings (SSSR count). The molecule has 0 saturated carbocycles. The Balaban J connectivity index is 1.94. The number of nitrogens with one attached hydrogen (secondary N) is 2. The molecular formula is C18H19N5O4. The van der Waals surface area contributed by atoms with Gasteiger partial charge in [0.25, 0.3) is 5.56 Å². The maximum Gasteiger partial charge on any atom is 0.404 e. The summed E-state index contributed by atoms with van der Waals surface area (Å²) in [5.41, 5.74) is 2.88. The van der Waals surface area contributed by atoms with Crippen LogP contribution < -0.4 is 10.9 Å². The summed E-state index contributed by atoms with van der Waals surface area (Å²) in [5.74, 6) is 0. The third-order valence-corrected chi connectivity index (χ3v) is 4.74. The van der Waals surface area contributed by atoms with Gasteiger partial charge in [-0.2, -0.15) is 10.2 Å². The van der Waals surface area contributed by atoms with Crippen LogP contribution in [0.3, 0.4) is 0 Å². The van der Waals surface area contributed by atoms with E-state index in [4.69, 9.17) is 9.84 Å². The topological polar surface area (TPSA) is 122 Å². The van der Waals surface area contributed by atoms with E-state index in [0.717, 1.165) is 29.5 Å². The fourth-order valence-corrected chi connectivity index (χ4v) is 3.48. The van der Waals surface area contributed by atoms with Crippen LogP contribution in [0.5, 0.6) is 0 Å². The standard InChI is InChI=1S/C18H19N5O4/c1-23-9-10(7-20-23)11-5-12-14(6-13(11)16-3-2-4-27-16)17(24)22-21-15(12)8-19-18(25)26/h5-7,9,16,19H,2-4,8H2,1H3,(H,22,24)(H,25,26). The second kappa shape index (κ2) is 6.84. The number of rotatable bonds is 4. The van der Waals surface area contributed by atoms with Crippen molar-refractivity contribution in [2.75, 3.05) is 6.61 Å². The highest BCUT2D eigenvalue weighted by Crippen LogP contribution is 2.37. The lowest BCUT2D eigenvalue weighted by Crippen LogP contribution is -2.22. The third kappa shape index (κ3) is 3.28. The normalized spacial score (nSPS) is 16.7. The van der Waals surface area contributed by atoms with Gasteiger partial charge in [-0.15, -0.1) is 0 Å². The first-order chi connectivity index (χ1) is 13.0. The van der Waals surface area contributed by atoms with Crippen LogP contribution >= 0.6 is 0 Å². The largest absolute Gasteiger partial charge is 0.465 e. The number of nitrogens with zero attached hydrogens (tertiary/aromatic N) is 3. The first-order valence-electron chi connectivity index (χ1n) is 8.65. The number of hydrogen-bond donors (Lipinski definition) is 3. The summed E-state index contributed by atoms with van der Waals surface area (Å²) in [6.45, 7) is 0.685. The fourth-order valence-electron chi connectivity index (χ4n) is 3.48. The van der Waals surface area contributed by atoms with Crippen LogP contribution in [0, 0.1) is 0 Å². The summed E-state index contributed by atoms with van der Waals surface area (Å²) in [6.07, 6.45) is 4.27. The number of carboxylic acid groups (broad SMARTS) is 1. The second-order valence-electron chi connectivity index (χ2n) is 6.55. The van der Waals surface area contributed by atoms with Gasteiger partial charge in [0.05, 0.1) is 29.9 Å². The minimum absolute atomic E-state index is 0.00559. The maximum absolute atomic E-state index is 12.4. The summed E-state index contributed by atoms with van der Waals surface area (Å²) in [7, 11) is 1.84. The van der Waals surface area contributed by atoms with Crippen LogP contribution in [0.4, 0.5) is 4.79 Å². The summed E-state index contributed by atoms with van der Waals surface area (Å²) in [5, 5.41) is 23.0. The highest BCUT2D eigenvalue weighted by molar-refractivity contribution is 5.90.